The maximum Gasteiger partial charge on any atom is 0.334 e. The third-order valence-electron chi connectivity index (χ3n) is 3.08. The maximum atomic E-state index is 12.6. The van der Waals surface area contributed by atoms with Crippen LogP contribution in [-0.4, -0.2) is 36.8 Å². The van der Waals surface area contributed by atoms with E-state index in [1.165, 1.54) is 12.1 Å². The van der Waals surface area contributed by atoms with Gasteiger partial charge in [-0.15, -0.1) is 0 Å². The molecule has 1 aromatic heterocycles. The molecule has 10 nitrogen and oxygen atoms in total. The van der Waals surface area contributed by atoms with Crippen LogP contribution in [0, 0.1) is 0 Å². The lowest BCUT2D eigenvalue weighted by Gasteiger charge is -2.15. The first-order valence-electron chi connectivity index (χ1n) is 6.64. The second-order valence-electron chi connectivity index (χ2n) is 5.12. The van der Waals surface area contributed by atoms with Gasteiger partial charge < -0.3 is 4.18 Å². The fourth-order valence-electron chi connectivity index (χ4n) is 2.12. The van der Waals surface area contributed by atoms with Crippen LogP contribution in [0.15, 0.2) is 39.9 Å². The molecular weight excluding hydrogens is 376 g/mol. The molecule has 12 heteroatoms. The standard InChI is InChI=1S/C13H14N2O8S2/c1-14-12(23-24(2,18)19)10(9-6-4-3-5-7-9)11(16)15(13(14)17)8-25(20,21)22/h3-7H,8H2,1-2H3,(H,20,21,22). The van der Waals surface area contributed by atoms with Crippen molar-refractivity contribution in [3.05, 3.63) is 51.2 Å². The highest BCUT2D eigenvalue weighted by Gasteiger charge is 2.24. The van der Waals surface area contributed by atoms with Gasteiger partial charge in [-0.1, -0.05) is 30.3 Å². The van der Waals surface area contributed by atoms with Crippen molar-refractivity contribution in [2.75, 3.05) is 6.26 Å². The summed E-state index contributed by atoms with van der Waals surface area (Å²) >= 11 is 0. The molecule has 0 aliphatic rings. The first kappa shape index (κ1) is 18.9. The zero-order valence-electron chi connectivity index (χ0n) is 13.1. The largest absolute Gasteiger partial charge is 0.363 e. The normalized spacial score (nSPS) is 12.1. The summed E-state index contributed by atoms with van der Waals surface area (Å²) in [5.41, 5.74) is -2.42. The molecule has 0 atom stereocenters. The van der Waals surface area contributed by atoms with Gasteiger partial charge in [0.1, 0.15) is 5.56 Å². The summed E-state index contributed by atoms with van der Waals surface area (Å²) in [7, 11) is -7.68. The van der Waals surface area contributed by atoms with Crippen molar-refractivity contribution in [1.29, 1.82) is 0 Å². The van der Waals surface area contributed by atoms with Crippen LogP contribution in [0.3, 0.4) is 0 Å². The van der Waals surface area contributed by atoms with Gasteiger partial charge in [-0.3, -0.25) is 13.9 Å². The molecule has 1 aromatic carbocycles. The van der Waals surface area contributed by atoms with E-state index in [4.69, 9.17) is 8.74 Å². The molecule has 0 fully saturated rings. The lowest BCUT2D eigenvalue weighted by atomic mass is 10.1. The van der Waals surface area contributed by atoms with Gasteiger partial charge in [-0.25, -0.2) is 9.36 Å². The van der Waals surface area contributed by atoms with E-state index >= 15 is 0 Å². The summed E-state index contributed by atoms with van der Waals surface area (Å²) in [5, 5.41) is 0. The van der Waals surface area contributed by atoms with Crippen LogP contribution in [0.2, 0.25) is 0 Å². The van der Waals surface area contributed by atoms with E-state index in [1.807, 2.05) is 0 Å². The molecule has 2 aromatic rings. The quantitative estimate of drug-likeness (QED) is 0.527. The smallest absolute Gasteiger partial charge is 0.334 e. The zero-order chi connectivity index (χ0) is 19.0. The fourth-order valence-corrected chi connectivity index (χ4v) is 3.15. The molecule has 25 heavy (non-hydrogen) atoms. The molecular formula is C13H14N2O8S2. The average Bonchev–Trinajstić information content (AvgIpc) is 2.48. The molecule has 0 radical (unpaired) electrons. The predicted molar refractivity (Wildman–Crippen MR) is 88.4 cm³/mol. The molecule has 2 rings (SSSR count). The molecule has 0 amide bonds. The predicted octanol–water partition coefficient (Wildman–Crippen LogP) is -0.602. The summed E-state index contributed by atoms with van der Waals surface area (Å²) in [4.78, 5) is 24.9. The minimum Gasteiger partial charge on any atom is -0.363 e. The molecule has 0 bridgehead atoms. The average molecular weight is 390 g/mol. The van der Waals surface area contributed by atoms with Crippen LogP contribution in [0.25, 0.3) is 11.1 Å². The number of rotatable bonds is 5. The Labute approximate surface area is 142 Å². The first-order chi connectivity index (χ1) is 11.4. The van der Waals surface area contributed by atoms with E-state index in [-0.39, 0.29) is 15.7 Å². The third-order valence-corrected chi connectivity index (χ3v) is 4.13. The Morgan fingerprint density at radius 3 is 2.12 bits per heavy atom. The van der Waals surface area contributed by atoms with Gasteiger partial charge in [0.15, 0.2) is 5.88 Å². The fraction of sp³-hybridized carbons (Fsp3) is 0.231. The van der Waals surface area contributed by atoms with Crippen molar-refractivity contribution in [1.82, 2.24) is 9.13 Å². The summed E-state index contributed by atoms with van der Waals surface area (Å²) in [5.74, 6) is -1.84. The maximum absolute atomic E-state index is 12.6. The van der Waals surface area contributed by atoms with E-state index in [9.17, 15) is 26.4 Å². The highest BCUT2D eigenvalue weighted by molar-refractivity contribution is 7.86. The van der Waals surface area contributed by atoms with Crippen LogP contribution in [0.1, 0.15) is 0 Å². The number of benzene rings is 1. The lowest BCUT2D eigenvalue weighted by molar-refractivity contribution is 0.446. The molecule has 0 saturated carbocycles. The van der Waals surface area contributed by atoms with Gasteiger partial charge in [-0.05, 0) is 5.56 Å². The number of nitrogens with zero attached hydrogens (tertiary/aromatic N) is 2. The van der Waals surface area contributed by atoms with E-state index < -0.39 is 43.2 Å². The van der Waals surface area contributed by atoms with Gasteiger partial charge in [0.2, 0.25) is 5.88 Å². The van der Waals surface area contributed by atoms with Crippen molar-refractivity contribution >= 4 is 20.2 Å². The monoisotopic (exact) mass is 390 g/mol. The number of hydrogen-bond donors (Lipinski definition) is 1. The van der Waals surface area contributed by atoms with Gasteiger partial charge in [0.25, 0.3) is 15.7 Å². The van der Waals surface area contributed by atoms with Gasteiger partial charge in [0, 0.05) is 7.05 Å². The topological polar surface area (TPSA) is 142 Å². The van der Waals surface area contributed by atoms with Crippen molar-refractivity contribution in [3.63, 3.8) is 0 Å². The Hall–Kier alpha value is -2.44. The molecule has 1 N–H and O–H groups in total. The van der Waals surface area contributed by atoms with Gasteiger partial charge in [-0.2, -0.15) is 16.8 Å². The van der Waals surface area contributed by atoms with Gasteiger partial charge in [0.05, 0.1) is 6.26 Å². The molecule has 0 saturated heterocycles. The second kappa shape index (κ2) is 6.46. The Bertz CT molecular complexity index is 1130. The molecule has 0 spiro atoms. The van der Waals surface area contributed by atoms with Crippen LogP contribution < -0.4 is 15.4 Å². The van der Waals surface area contributed by atoms with Crippen LogP contribution >= 0.6 is 0 Å². The Kier molecular flexibility index (Phi) is 4.88. The van der Waals surface area contributed by atoms with E-state index in [2.05, 4.69) is 0 Å². The second-order valence-corrected chi connectivity index (χ2v) is 8.12. The minimum absolute atomic E-state index is 0.200. The molecule has 0 aliphatic heterocycles. The van der Waals surface area contributed by atoms with Crippen molar-refractivity contribution in [2.45, 2.75) is 5.88 Å². The van der Waals surface area contributed by atoms with Gasteiger partial charge >= 0.3 is 15.8 Å². The Morgan fingerprint density at radius 1 is 1.08 bits per heavy atom. The summed E-state index contributed by atoms with van der Waals surface area (Å²) < 4.78 is 59.9. The van der Waals surface area contributed by atoms with Crippen molar-refractivity contribution < 1.29 is 25.6 Å². The van der Waals surface area contributed by atoms with E-state index in [1.54, 1.807) is 18.2 Å². The molecule has 0 aliphatic carbocycles. The number of hydrogen-bond acceptors (Lipinski definition) is 7. The van der Waals surface area contributed by atoms with Crippen LogP contribution in [0.4, 0.5) is 0 Å². The van der Waals surface area contributed by atoms with E-state index in [0.29, 0.717) is 4.57 Å². The first-order valence-corrected chi connectivity index (χ1v) is 10.1. The highest BCUT2D eigenvalue weighted by Crippen LogP contribution is 2.25. The van der Waals surface area contributed by atoms with E-state index in [0.717, 1.165) is 13.3 Å². The molecule has 136 valence electrons. The minimum atomic E-state index is -4.70. The number of aromatic nitrogens is 2. The molecule has 0 unspecified atom stereocenters. The van der Waals surface area contributed by atoms with Crippen molar-refractivity contribution in [3.8, 4) is 17.0 Å². The highest BCUT2D eigenvalue weighted by atomic mass is 32.2. The summed E-state index contributed by atoms with van der Waals surface area (Å²) in [6.07, 6.45) is 0.732. The summed E-state index contributed by atoms with van der Waals surface area (Å²) in [6.45, 7) is 0. The van der Waals surface area contributed by atoms with Crippen LogP contribution in [-0.2, 0) is 33.2 Å². The summed E-state index contributed by atoms with van der Waals surface area (Å²) in [6, 6.07) is 7.65. The lowest BCUT2D eigenvalue weighted by Crippen LogP contribution is -2.42. The third kappa shape index (κ3) is 4.35. The Morgan fingerprint density at radius 2 is 1.64 bits per heavy atom. The SMILES string of the molecule is Cn1c(OS(C)(=O)=O)c(-c2ccccc2)c(=O)n(CS(=O)(=O)O)c1=O. The zero-order valence-corrected chi connectivity index (χ0v) is 14.7. The van der Waals surface area contributed by atoms with Crippen LogP contribution in [0.5, 0.6) is 5.88 Å². The van der Waals surface area contributed by atoms with Crippen molar-refractivity contribution in [2.24, 2.45) is 7.05 Å². The molecule has 1 heterocycles. The Balaban J connectivity index is 2.95.